The van der Waals surface area contributed by atoms with E-state index in [9.17, 15) is 0 Å². The molecule has 3 aliphatic carbocycles. The van der Waals surface area contributed by atoms with Gasteiger partial charge in [0.15, 0.2) is 0 Å². The second kappa shape index (κ2) is 9.83. The minimum absolute atomic E-state index is 1.23. The predicted molar refractivity (Wildman–Crippen MR) is 141 cm³/mol. The first-order valence-electron chi connectivity index (χ1n) is 12.1. The van der Waals surface area contributed by atoms with Gasteiger partial charge in [0.25, 0.3) is 0 Å². The minimum atomic E-state index is -1.54. The van der Waals surface area contributed by atoms with Crippen molar-refractivity contribution in [1.29, 1.82) is 0 Å². The van der Waals surface area contributed by atoms with Crippen LogP contribution in [0.15, 0.2) is 48.5 Å². The lowest BCUT2D eigenvalue weighted by Crippen LogP contribution is -2.32. The van der Waals surface area contributed by atoms with Crippen LogP contribution in [0.25, 0.3) is 10.4 Å². The van der Waals surface area contributed by atoms with E-state index in [0.29, 0.717) is 0 Å². The van der Waals surface area contributed by atoms with Crippen molar-refractivity contribution >= 4 is 26.5 Å². The number of aryl methyl sites for hydroxylation is 2. The fourth-order valence-electron chi connectivity index (χ4n) is 4.95. The van der Waals surface area contributed by atoms with Gasteiger partial charge in [-0.3, -0.25) is 0 Å². The molecule has 30 heavy (non-hydrogen) atoms. The van der Waals surface area contributed by atoms with Crippen LogP contribution in [0.3, 0.4) is 0 Å². The Bertz CT molecular complexity index is 770. The van der Waals surface area contributed by atoms with E-state index < -0.39 is 16.1 Å². The largest absolute Gasteiger partial charge is 0.0782 e. The molecule has 0 aromatic heterocycles. The van der Waals surface area contributed by atoms with Crippen LogP contribution in [0.5, 0.6) is 0 Å². The Kier molecular flexibility index (Phi) is 7.63. The average Bonchev–Trinajstić information content (AvgIpc) is 2.67. The Balaban J connectivity index is 2.17. The van der Waals surface area contributed by atoms with Gasteiger partial charge < -0.3 is 0 Å². The molecule has 5 rings (SSSR count). The summed E-state index contributed by atoms with van der Waals surface area (Å²) < 4.78 is 0. The molecule has 0 atom stereocenters. The Labute approximate surface area is 187 Å². The number of fused-ring (bicyclic) bond motifs is 2. The second-order valence-electron chi connectivity index (χ2n) is 11.3. The molecule has 0 N–H and O–H groups in total. The van der Waals surface area contributed by atoms with E-state index in [0.717, 1.165) is 0 Å². The smallest absolute Gasteiger partial charge is 0.0656 e. The summed E-state index contributed by atoms with van der Waals surface area (Å²) in [6.45, 7) is 15.1. The van der Waals surface area contributed by atoms with Crippen LogP contribution < -0.4 is 0 Å². The SMILES string of the molecule is C[Si](C)(C)/C1=C(\[Si](C)(C)C)c2ccc(cc2)CCCCCCCCc2ccc1cc2. The van der Waals surface area contributed by atoms with Crippen LogP contribution >= 0.6 is 0 Å². The summed E-state index contributed by atoms with van der Waals surface area (Å²) in [4.78, 5) is 0. The third kappa shape index (κ3) is 6.07. The quantitative estimate of drug-likeness (QED) is 0.414. The molecule has 0 fully saturated rings. The molecule has 162 valence electrons. The third-order valence-electron chi connectivity index (χ3n) is 6.42. The normalized spacial score (nSPS) is 19.5. The van der Waals surface area contributed by atoms with E-state index in [1.807, 2.05) is 0 Å². The molecule has 3 aliphatic rings. The summed E-state index contributed by atoms with van der Waals surface area (Å²) in [5.74, 6) is 0. The zero-order valence-corrected chi connectivity index (χ0v) is 22.3. The van der Waals surface area contributed by atoms with Crippen LogP contribution in [-0.4, -0.2) is 16.1 Å². The maximum atomic E-state index is 2.52. The zero-order chi connectivity index (χ0) is 21.8. The van der Waals surface area contributed by atoms with Gasteiger partial charge in [0, 0.05) is 0 Å². The monoisotopic (exact) mass is 434 g/mol. The standard InChI is InChI=1S/C28H42Si2/c1-29(2,3)27-25-19-15-23(16-20-25)13-11-9-7-8-10-12-14-24-17-21-26(22-18-24)28(27)30(4,5)6/h15-22H,7-14H2,1-6H3/b28-27-. The van der Waals surface area contributed by atoms with Crippen molar-refractivity contribution in [2.75, 3.05) is 0 Å². The predicted octanol–water partition coefficient (Wildman–Crippen LogP) is 8.79. The number of hydrogen-bond acceptors (Lipinski definition) is 0. The molecular weight excluding hydrogens is 392 g/mol. The first-order chi connectivity index (χ1) is 14.2. The van der Waals surface area contributed by atoms with Gasteiger partial charge in [-0.1, -0.05) is 124 Å². The first-order valence-corrected chi connectivity index (χ1v) is 19.1. The summed E-state index contributed by atoms with van der Waals surface area (Å²) >= 11 is 0. The van der Waals surface area contributed by atoms with Crippen molar-refractivity contribution < 1.29 is 0 Å². The Morgan fingerprint density at radius 1 is 0.433 bits per heavy atom. The Morgan fingerprint density at radius 2 is 0.733 bits per heavy atom. The van der Waals surface area contributed by atoms with Crippen molar-refractivity contribution in [2.24, 2.45) is 0 Å². The zero-order valence-electron chi connectivity index (χ0n) is 20.3. The number of benzene rings is 2. The summed E-state index contributed by atoms with van der Waals surface area (Å²) in [5, 5.41) is 3.36. The van der Waals surface area contributed by atoms with Gasteiger partial charge in [0.1, 0.15) is 0 Å². The van der Waals surface area contributed by atoms with Crippen molar-refractivity contribution in [3.63, 3.8) is 0 Å². The molecule has 2 heteroatoms. The second-order valence-corrected chi connectivity index (χ2v) is 21.3. The molecule has 0 heterocycles. The molecule has 0 radical (unpaired) electrons. The van der Waals surface area contributed by atoms with Crippen LogP contribution in [0.4, 0.5) is 0 Å². The van der Waals surface area contributed by atoms with Gasteiger partial charge >= 0.3 is 0 Å². The highest BCUT2D eigenvalue weighted by Crippen LogP contribution is 2.39. The van der Waals surface area contributed by atoms with Crippen molar-refractivity contribution in [3.8, 4) is 0 Å². The summed E-state index contributed by atoms with van der Waals surface area (Å²) in [6.07, 6.45) is 10.6. The van der Waals surface area contributed by atoms with Gasteiger partial charge in [-0.15, -0.1) is 0 Å². The fraction of sp³-hybridized carbons (Fsp3) is 0.500. The maximum absolute atomic E-state index is 2.52. The highest BCUT2D eigenvalue weighted by Gasteiger charge is 2.32. The Hall–Kier alpha value is -1.39. The van der Waals surface area contributed by atoms with Gasteiger partial charge in [-0.2, -0.15) is 0 Å². The molecule has 0 nitrogen and oxygen atoms in total. The molecular formula is C28H42Si2. The lowest BCUT2D eigenvalue weighted by molar-refractivity contribution is 0.594. The van der Waals surface area contributed by atoms with Crippen LogP contribution in [-0.2, 0) is 12.8 Å². The summed E-state index contributed by atoms with van der Waals surface area (Å²) in [7, 11) is -3.07. The van der Waals surface area contributed by atoms with Crippen molar-refractivity contribution in [3.05, 3.63) is 70.8 Å². The van der Waals surface area contributed by atoms with Crippen LogP contribution in [0, 0.1) is 0 Å². The van der Waals surface area contributed by atoms with Gasteiger partial charge in [-0.05, 0) is 47.9 Å². The highest BCUT2D eigenvalue weighted by molar-refractivity contribution is 7.04. The van der Waals surface area contributed by atoms with E-state index in [1.165, 1.54) is 73.6 Å². The summed E-state index contributed by atoms with van der Waals surface area (Å²) in [5.41, 5.74) is 5.96. The van der Waals surface area contributed by atoms with E-state index in [2.05, 4.69) is 87.8 Å². The molecule has 2 aromatic rings. The molecule has 0 unspecified atom stereocenters. The maximum Gasteiger partial charge on any atom is 0.0782 e. The number of rotatable bonds is 2. The van der Waals surface area contributed by atoms with E-state index in [4.69, 9.17) is 0 Å². The molecule has 0 aliphatic heterocycles. The molecule has 0 spiro atoms. The Morgan fingerprint density at radius 3 is 1.03 bits per heavy atom. The minimum Gasteiger partial charge on any atom is -0.0656 e. The molecule has 0 saturated carbocycles. The lowest BCUT2D eigenvalue weighted by Gasteiger charge is -2.32. The van der Waals surface area contributed by atoms with E-state index in [1.54, 1.807) is 10.4 Å². The number of hydrogen-bond donors (Lipinski definition) is 0. The van der Waals surface area contributed by atoms with Gasteiger partial charge in [0.2, 0.25) is 0 Å². The molecule has 0 amide bonds. The first kappa shape index (κ1) is 23.3. The average molecular weight is 435 g/mol. The topological polar surface area (TPSA) is 0 Å². The third-order valence-corrected chi connectivity index (χ3v) is 10.7. The van der Waals surface area contributed by atoms with E-state index >= 15 is 0 Å². The van der Waals surface area contributed by atoms with Crippen LogP contribution in [0.2, 0.25) is 39.3 Å². The van der Waals surface area contributed by atoms with E-state index in [-0.39, 0.29) is 0 Å². The fourth-order valence-corrected chi connectivity index (χ4v) is 11.1. The van der Waals surface area contributed by atoms with Gasteiger partial charge in [-0.25, -0.2) is 0 Å². The lowest BCUT2D eigenvalue weighted by atomic mass is 10.0. The van der Waals surface area contributed by atoms with Crippen molar-refractivity contribution in [2.45, 2.75) is 90.6 Å². The van der Waals surface area contributed by atoms with Crippen LogP contribution in [0.1, 0.15) is 60.8 Å². The molecule has 2 aromatic carbocycles. The molecule has 4 bridgehead atoms. The van der Waals surface area contributed by atoms with Gasteiger partial charge in [0.05, 0.1) is 16.1 Å². The molecule has 0 saturated heterocycles. The highest BCUT2D eigenvalue weighted by atomic mass is 28.3. The van der Waals surface area contributed by atoms with Crippen molar-refractivity contribution in [1.82, 2.24) is 0 Å². The summed E-state index contributed by atoms with van der Waals surface area (Å²) in [6, 6.07) is 19.3.